The van der Waals surface area contributed by atoms with Gasteiger partial charge in [0.25, 0.3) is 5.91 Å². The van der Waals surface area contributed by atoms with Crippen molar-refractivity contribution in [1.29, 1.82) is 0 Å². The summed E-state index contributed by atoms with van der Waals surface area (Å²) in [6.45, 7) is 7.45. The molecule has 0 aromatic heterocycles. The van der Waals surface area contributed by atoms with Crippen LogP contribution in [0.5, 0.6) is 5.75 Å². The number of aliphatic imine (C=N–C) groups is 1. The van der Waals surface area contributed by atoms with Crippen LogP contribution >= 0.6 is 0 Å². The van der Waals surface area contributed by atoms with Crippen LogP contribution in [0.15, 0.2) is 59.6 Å². The number of hydrogen-bond donors (Lipinski definition) is 3. The van der Waals surface area contributed by atoms with Gasteiger partial charge in [-0.15, -0.1) is 0 Å². The molecule has 6 nitrogen and oxygen atoms in total. The Morgan fingerprint density at radius 2 is 1.79 bits per heavy atom. The molecule has 0 bridgehead atoms. The van der Waals surface area contributed by atoms with Crippen molar-refractivity contribution in [2.45, 2.75) is 33.2 Å². The second-order valence-electron chi connectivity index (χ2n) is 6.59. The third-order valence-electron chi connectivity index (χ3n) is 4.11. The molecule has 0 radical (unpaired) electrons. The van der Waals surface area contributed by atoms with Crippen LogP contribution in [0.25, 0.3) is 0 Å². The molecule has 0 saturated heterocycles. The molecule has 156 valence electrons. The number of guanidine groups is 1. The van der Waals surface area contributed by atoms with Gasteiger partial charge in [-0.1, -0.05) is 37.3 Å². The lowest BCUT2D eigenvalue weighted by atomic mass is 10.1. The first-order valence-corrected chi connectivity index (χ1v) is 10.3. The maximum Gasteiger partial charge on any atom is 0.251 e. The minimum Gasteiger partial charge on any atom is -0.494 e. The molecule has 0 saturated carbocycles. The van der Waals surface area contributed by atoms with Crippen molar-refractivity contribution in [3.05, 3.63) is 65.7 Å². The number of rotatable bonds is 11. The van der Waals surface area contributed by atoms with E-state index in [1.807, 2.05) is 68.4 Å². The van der Waals surface area contributed by atoms with Crippen LogP contribution in [0, 0.1) is 0 Å². The summed E-state index contributed by atoms with van der Waals surface area (Å²) in [5.74, 6) is 1.60. The van der Waals surface area contributed by atoms with Gasteiger partial charge in [-0.3, -0.25) is 4.79 Å². The quantitative estimate of drug-likeness (QED) is 0.309. The molecule has 0 aliphatic heterocycles. The van der Waals surface area contributed by atoms with Crippen LogP contribution in [0.3, 0.4) is 0 Å². The minimum absolute atomic E-state index is 0.0406. The molecular formula is C23H32N4O2. The Hall–Kier alpha value is -3.02. The zero-order chi connectivity index (χ0) is 20.7. The molecule has 0 atom stereocenters. The molecule has 0 unspecified atom stereocenters. The maximum atomic E-state index is 12.1. The van der Waals surface area contributed by atoms with Gasteiger partial charge in [-0.05, 0) is 49.6 Å². The molecule has 2 rings (SSSR count). The Balaban J connectivity index is 1.81. The van der Waals surface area contributed by atoms with Crippen LogP contribution in [0.2, 0.25) is 0 Å². The fraction of sp³-hybridized carbons (Fsp3) is 0.391. The zero-order valence-electron chi connectivity index (χ0n) is 17.4. The van der Waals surface area contributed by atoms with E-state index in [4.69, 9.17) is 4.74 Å². The van der Waals surface area contributed by atoms with E-state index in [2.05, 4.69) is 20.9 Å². The summed E-state index contributed by atoms with van der Waals surface area (Å²) in [5.41, 5.74) is 1.67. The largest absolute Gasteiger partial charge is 0.494 e. The SMILES string of the molecule is CCCNC(=O)c1cccc(CN=C(NCC)NCCCOc2ccccc2)c1. The average molecular weight is 397 g/mol. The van der Waals surface area contributed by atoms with Gasteiger partial charge in [0.1, 0.15) is 5.75 Å². The van der Waals surface area contributed by atoms with E-state index in [0.29, 0.717) is 25.3 Å². The fourth-order valence-corrected chi connectivity index (χ4v) is 2.65. The summed E-state index contributed by atoms with van der Waals surface area (Å²) in [7, 11) is 0. The van der Waals surface area contributed by atoms with Crippen LogP contribution in [-0.2, 0) is 6.54 Å². The number of nitrogens with one attached hydrogen (secondary N) is 3. The first-order valence-electron chi connectivity index (χ1n) is 10.3. The standard InChI is InChI=1S/C23H32N4O2/c1-3-14-25-22(28)20-11-8-10-19(17-20)18-27-23(24-4-2)26-15-9-16-29-21-12-6-5-7-13-21/h5-8,10-13,17H,3-4,9,14-16,18H2,1-2H3,(H,25,28)(H2,24,26,27). The van der Waals surface area contributed by atoms with Gasteiger partial charge in [0.15, 0.2) is 5.96 Å². The number of nitrogens with zero attached hydrogens (tertiary/aromatic N) is 1. The van der Waals surface area contributed by atoms with E-state index in [-0.39, 0.29) is 5.91 Å². The topological polar surface area (TPSA) is 74.8 Å². The van der Waals surface area contributed by atoms with Crippen molar-refractivity contribution in [2.75, 3.05) is 26.2 Å². The highest BCUT2D eigenvalue weighted by atomic mass is 16.5. The first-order chi connectivity index (χ1) is 14.2. The number of para-hydroxylation sites is 1. The number of ether oxygens (including phenoxy) is 1. The van der Waals surface area contributed by atoms with Crippen molar-refractivity contribution in [3.8, 4) is 5.75 Å². The van der Waals surface area contributed by atoms with E-state index < -0.39 is 0 Å². The summed E-state index contributed by atoms with van der Waals surface area (Å²) < 4.78 is 5.70. The van der Waals surface area contributed by atoms with Crippen LogP contribution < -0.4 is 20.7 Å². The first kappa shape index (κ1) is 22.3. The van der Waals surface area contributed by atoms with Gasteiger partial charge >= 0.3 is 0 Å². The molecule has 3 N–H and O–H groups in total. The molecule has 6 heteroatoms. The van der Waals surface area contributed by atoms with Crippen molar-refractivity contribution in [3.63, 3.8) is 0 Å². The smallest absolute Gasteiger partial charge is 0.251 e. The molecule has 0 fully saturated rings. The molecule has 1 amide bonds. The van der Waals surface area contributed by atoms with Gasteiger partial charge in [-0.25, -0.2) is 4.99 Å². The number of hydrogen-bond acceptors (Lipinski definition) is 3. The predicted molar refractivity (Wildman–Crippen MR) is 118 cm³/mol. The van der Waals surface area contributed by atoms with E-state index in [1.54, 1.807) is 0 Å². The highest BCUT2D eigenvalue weighted by Crippen LogP contribution is 2.08. The normalized spacial score (nSPS) is 11.0. The third-order valence-corrected chi connectivity index (χ3v) is 4.11. The van der Waals surface area contributed by atoms with Crippen molar-refractivity contribution < 1.29 is 9.53 Å². The Bertz CT molecular complexity index is 762. The molecule has 0 spiro atoms. The molecule has 29 heavy (non-hydrogen) atoms. The van der Waals surface area contributed by atoms with E-state index in [9.17, 15) is 4.79 Å². The third kappa shape index (κ3) is 8.68. The second-order valence-corrected chi connectivity index (χ2v) is 6.59. The summed E-state index contributed by atoms with van der Waals surface area (Å²) in [6.07, 6.45) is 1.79. The molecule has 2 aromatic carbocycles. The summed E-state index contributed by atoms with van der Waals surface area (Å²) in [6, 6.07) is 17.4. The highest BCUT2D eigenvalue weighted by molar-refractivity contribution is 5.94. The average Bonchev–Trinajstić information content (AvgIpc) is 2.76. The maximum absolute atomic E-state index is 12.1. The lowest BCUT2D eigenvalue weighted by Crippen LogP contribution is -2.38. The lowest BCUT2D eigenvalue weighted by molar-refractivity contribution is 0.0953. The predicted octanol–water partition coefficient (Wildman–Crippen LogP) is 3.35. The molecule has 2 aromatic rings. The van der Waals surface area contributed by atoms with Crippen molar-refractivity contribution in [1.82, 2.24) is 16.0 Å². The minimum atomic E-state index is -0.0406. The second kappa shape index (κ2) is 13.2. The zero-order valence-corrected chi connectivity index (χ0v) is 17.4. The van der Waals surface area contributed by atoms with Crippen LogP contribution in [0.1, 0.15) is 42.6 Å². The Kier molecular flexibility index (Phi) is 10.1. The van der Waals surface area contributed by atoms with E-state index >= 15 is 0 Å². The van der Waals surface area contributed by atoms with Crippen molar-refractivity contribution >= 4 is 11.9 Å². The van der Waals surface area contributed by atoms with Gasteiger partial charge < -0.3 is 20.7 Å². The van der Waals surface area contributed by atoms with Gasteiger partial charge in [-0.2, -0.15) is 0 Å². The van der Waals surface area contributed by atoms with Crippen molar-refractivity contribution in [2.24, 2.45) is 4.99 Å². The molecule has 0 heterocycles. The van der Waals surface area contributed by atoms with Gasteiger partial charge in [0.2, 0.25) is 0 Å². The highest BCUT2D eigenvalue weighted by Gasteiger charge is 2.05. The van der Waals surface area contributed by atoms with Gasteiger partial charge in [0.05, 0.1) is 13.2 Å². The van der Waals surface area contributed by atoms with Crippen LogP contribution in [-0.4, -0.2) is 38.1 Å². The summed E-state index contributed by atoms with van der Waals surface area (Å²) in [5, 5.41) is 9.47. The molecule has 0 aliphatic carbocycles. The number of carbonyl (C=O) groups is 1. The summed E-state index contributed by atoms with van der Waals surface area (Å²) >= 11 is 0. The lowest BCUT2D eigenvalue weighted by Gasteiger charge is -2.12. The summed E-state index contributed by atoms with van der Waals surface area (Å²) in [4.78, 5) is 16.7. The number of carbonyl (C=O) groups excluding carboxylic acids is 1. The Morgan fingerprint density at radius 1 is 0.966 bits per heavy atom. The number of benzene rings is 2. The molecular weight excluding hydrogens is 364 g/mol. The van der Waals surface area contributed by atoms with Crippen LogP contribution in [0.4, 0.5) is 0 Å². The Morgan fingerprint density at radius 3 is 2.55 bits per heavy atom. The van der Waals surface area contributed by atoms with Gasteiger partial charge in [0, 0.05) is 25.2 Å². The fourth-order valence-electron chi connectivity index (χ4n) is 2.65. The number of amides is 1. The van der Waals surface area contributed by atoms with E-state index in [0.717, 1.165) is 43.2 Å². The van der Waals surface area contributed by atoms with E-state index in [1.165, 1.54) is 0 Å². The Labute approximate surface area is 173 Å². The molecule has 0 aliphatic rings. The monoisotopic (exact) mass is 396 g/mol.